The van der Waals surface area contributed by atoms with Gasteiger partial charge in [0.1, 0.15) is 6.61 Å². The summed E-state index contributed by atoms with van der Waals surface area (Å²) in [4.78, 5) is 15.7. The van der Waals surface area contributed by atoms with E-state index in [1.54, 1.807) is 0 Å². The van der Waals surface area contributed by atoms with Crippen LogP contribution in [0.5, 0.6) is 0 Å². The summed E-state index contributed by atoms with van der Waals surface area (Å²) >= 11 is 0. The van der Waals surface area contributed by atoms with E-state index in [0.29, 0.717) is 19.8 Å². The molecule has 0 atom stereocenters. The van der Waals surface area contributed by atoms with Gasteiger partial charge in [0.05, 0.1) is 6.61 Å². The summed E-state index contributed by atoms with van der Waals surface area (Å²) in [6.07, 6.45) is 0. The molecule has 0 saturated carbocycles. The monoisotopic (exact) mass is 383 g/mol. The van der Waals surface area contributed by atoms with E-state index in [2.05, 4.69) is 32.6 Å². The Morgan fingerprint density at radius 3 is 1.86 bits per heavy atom. The van der Waals surface area contributed by atoms with Crippen LogP contribution in [0.25, 0.3) is 0 Å². The van der Waals surface area contributed by atoms with Crippen LogP contribution in [0.1, 0.15) is 38.8 Å². The van der Waals surface area contributed by atoms with Gasteiger partial charge in [0.25, 0.3) is 0 Å². The Bertz CT molecular complexity index is 657. The molecule has 0 aliphatic rings. The van der Waals surface area contributed by atoms with E-state index in [-0.39, 0.29) is 11.9 Å². The van der Waals surface area contributed by atoms with Crippen molar-refractivity contribution in [2.24, 2.45) is 5.92 Å². The summed E-state index contributed by atoms with van der Waals surface area (Å²) in [5.41, 5.74) is 0.306. The average Bonchev–Trinajstić information content (AvgIpc) is 2.73. The third kappa shape index (κ3) is 5.43. The van der Waals surface area contributed by atoms with Crippen molar-refractivity contribution in [3.8, 4) is 0 Å². The minimum absolute atomic E-state index is 0.287. The number of hydrogen-bond donors (Lipinski definition) is 0. The lowest BCUT2D eigenvalue weighted by molar-refractivity contribution is -0.170. The number of likely N-dealkylation sites (N-methyl/N-ethyl adjacent to an activating group) is 1. The Kier molecular flexibility index (Phi) is 8.68. The Hall–Kier alpha value is -2.17. The van der Waals surface area contributed by atoms with Gasteiger partial charge in [0, 0.05) is 6.54 Å². The van der Waals surface area contributed by atoms with Crippen molar-refractivity contribution in [1.29, 1.82) is 0 Å². The Morgan fingerprint density at radius 2 is 1.43 bits per heavy atom. The van der Waals surface area contributed by atoms with Gasteiger partial charge >= 0.3 is 5.97 Å². The van der Waals surface area contributed by atoms with Crippen LogP contribution in [0.15, 0.2) is 60.7 Å². The van der Waals surface area contributed by atoms with Crippen molar-refractivity contribution in [2.45, 2.75) is 33.3 Å². The van der Waals surface area contributed by atoms with Crippen LogP contribution >= 0.6 is 0 Å². The summed E-state index contributed by atoms with van der Waals surface area (Å²) in [5, 5.41) is 0. The lowest BCUT2D eigenvalue weighted by atomic mass is 9.85. The zero-order valence-electron chi connectivity index (χ0n) is 17.6. The van der Waals surface area contributed by atoms with Gasteiger partial charge in [-0.05, 0) is 30.1 Å². The maximum Gasteiger partial charge on any atom is 0.347 e. The average molecular weight is 384 g/mol. The Balaban J connectivity index is 2.39. The van der Waals surface area contributed by atoms with Gasteiger partial charge in [-0.2, -0.15) is 0 Å². The highest BCUT2D eigenvalue weighted by Crippen LogP contribution is 2.35. The SMILES string of the molecule is CCN(CC)CCOC(=O)C(OCC(C)C)(c1ccccc1)c1ccccc1. The fourth-order valence-electron chi connectivity index (χ4n) is 3.17. The molecule has 0 amide bonds. The van der Waals surface area contributed by atoms with Crippen LogP contribution < -0.4 is 0 Å². The third-order valence-corrected chi connectivity index (χ3v) is 4.82. The van der Waals surface area contributed by atoms with Gasteiger partial charge in [-0.1, -0.05) is 88.4 Å². The molecule has 0 fully saturated rings. The quantitative estimate of drug-likeness (QED) is 0.536. The maximum atomic E-state index is 13.5. The minimum Gasteiger partial charge on any atom is -0.462 e. The number of esters is 1. The van der Waals surface area contributed by atoms with Gasteiger partial charge in [0.15, 0.2) is 0 Å². The first-order valence-corrected chi connectivity index (χ1v) is 10.2. The highest BCUT2D eigenvalue weighted by molar-refractivity contribution is 5.85. The summed E-state index contributed by atoms with van der Waals surface area (Å²) < 4.78 is 12.1. The fourth-order valence-corrected chi connectivity index (χ4v) is 3.17. The molecule has 0 N–H and O–H groups in total. The molecule has 0 radical (unpaired) electrons. The molecule has 2 aromatic carbocycles. The fraction of sp³-hybridized carbons (Fsp3) is 0.458. The van der Waals surface area contributed by atoms with Crippen molar-refractivity contribution < 1.29 is 14.3 Å². The molecule has 0 aromatic heterocycles. The highest BCUT2D eigenvalue weighted by Gasteiger charge is 2.45. The number of rotatable bonds is 11. The van der Waals surface area contributed by atoms with Gasteiger partial charge in [-0.3, -0.25) is 0 Å². The molecular weight excluding hydrogens is 350 g/mol. The van der Waals surface area contributed by atoms with Crippen LogP contribution in [-0.4, -0.2) is 43.7 Å². The van der Waals surface area contributed by atoms with E-state index in [4.69, 9.17) is 9.47 Å². The number of hydrogen-bond acceptors (Lipinski definition) is 4. The molecule has 0 aliphatic heterocycles. The zero-order chi connectivity index (χ0) is 20.4. The number of ether oxygens (including phenoxy) is 2. The van der Waals surface area contributed by atoms with Crippen molar-refractivity contribution >= 4 is 5.97 Å². The summed E-state index contributed by atoms with van der Waals surface area (Å²) in [6.45, 7) is 11.7. The van der Waals surface area contributed by atoms with Crippen LogP contribution in [0.4, 0.5) is 0 Å². The lowest BCUT2D eigenvalue weighted by Gasteiger charge is -2.33. The largest absolute Gasteiger partial charge is 0.462 e. The van der Waals surface area contributed by atoms with E-state index >= 15 is 0 Å². The van der Waals surface area contributed by atoms with Crippen molar-refractivity contribution in [3.63, 3.8) is 0 Å². The minimum atomic E-state index is -1.27. The summed E-state index contributed by atoms with van der Waals surface area (Å²) in [7, 11) is 0. The number of carbonyl (C=O) groups is 1. The smallest absolute Gasteiger partial charge is 0.347 e. The molecule has 152 valence electrons. The predicted octanol–water partition coefficient (Wildman–Crippen LogP) is 4.49. The summed E-state index contributed by atoms with van der Waals surface area (Å²) in [5.74, 6) is -0.0759. The third-order valence-electron chi connectivity index (χ3n) is 4.82. The molecule has 0 heterocycles. The van der Waals surface area contributed by atoms with Gasteiger partial charge in [-0.15, -0.1) is 0 Å². The molecule has 4 nitrogen and oxygen atoms in total. The Morgan fingerprint density at radius 1 is 0.929 bits per heavy atom. The molecular formula is C24H33NO3. The van der Waals surface area contributed by atoms with E-state index in [1.165, 1.54) is 0 Å². The van der Waals surface area contributed by atoms with Crippen LogP contribution in [0.2, 0.25) is 0 Å². The van der Waals surface area contributed by atoms with Gasteiger partial charge in [0.2, 0.25) is 5.60 Å². The second kappa shape index (κ2) is 11.0. The number of carbonyl (C=O) groups excluding carboxylic acids is 1. The van der Waals surface area contributed by atoms with Crippen LogP contribution in [0, 0.1) is 5.92 Å². The maximum absolute atomic E-state index is 13.5. The summed E-state index contributed by atoms with van der Waals surface area (Å²) in [6, 6.07) is 19.3. The second-order valence-corrected chi connectivity index (χ2v) is 7.28. The van der Waals surface area contributed by atoms with E-state index in [1.807, 2.05) is 60.7 Å². The molecule has 0 spiro atoms. The van der Waals surface area contributed by atoms with Crippen LogP contribution in [0.3, 0.4) is 0 Å². The second-order valence-electron chi connectivity index (χ2n) is 7.28. The molecule has 0 bridgehead atoms. The number of benzene rings is 2. The van der Waals surface area contributed by atoms with Crippen molar-refractivity contribution in [1.82, 2.24) is 4.90 Å². The molecule has 2 aromatic rings. The first-order valence-electron chi connectivity index (χ1n) is 10.2. The molecule has 0 saturated heterocycles. The molecule has 4 heteroatoms. The van der Waals surface area contributed by atoms with Crippen molar-refractivity contribution in [2.75, 3.05) is 32.8 Å². The molecule has 0 unspecified atom stereocenters. The predicted molar refractivity (Wildman–Crippen MR) is 113 cm³/mol. The topological polar surface area (TPSA) is 38.8 Å². The molecule has 0 aliphatic carbocycles. The number of nitrogens with zero attached hydrogens (tertiary/aromatic N) is 1. The van der Waals surface area contributed by atoms with E-state index < -0.39 is 5.60 Å². The first-order chi connectivity index (χ1) is 13.5. The molecule has 28 heavy (non-hydrogen) atoms. The van der Waals surface area contributed by atoms with Crippen molar-refractivity contribution in [3.05, 3.63) is 71.8 Å². The van der Waals surface area contributed by atoms with Gasteiger partial charge < -0.3 is 14.4 Å². The Labute approximate surface area is 169 Å². The van der Waals surface area contributed by atoms with E-state index in [9.17, 15) is 4.79 Å². The highest BCUT2D eigenvalue weighted by atomic mass is 16.6. The standard InChI is InChI=1S/C24H33NO3/c1-5-25(6-2)17-18-27-23(26)24(28-19-20(3)4,21-13-9-7-10-14-21)22-15-11-8-12-16-22/h7-16,20H,5-6,17-19H2,1-4H3. The molecule has 2 rings (SSSR count). The zero-order valence-corrected chi connectivity index (χ0v) is 17.6. The van der Waals surface area contributed by atoms with E-state index in [0.717, 1.165) is 24.2 Å². The normalized spacial score (nSPS) is 11.8. The first kappa shape index (κ1) is 22.1. The van der Waals surface area contributed by atoms with Crippen LogP contribution in [-0.2, 0) is 19.9 Å². The van der Waals surface area contributed by atoms with Gasteiger partial charge in [-0.25, -0.2) is 4.79 Å². The lowest BCUT2D eigenvalue weighted by Crippen LogP contribution is -2.43.